The number of morpholine rings is 1. The fraction of sp³-hybridized carbons (Fsp3) is 0.476. The zero-order valence-electron chi connectivity index (χ0n) is 17.0. The van der Waals surface area contributed by atoms with Crippen LogP contribution in [0.5, 0.6) is 11.5 Å². The second-order valence-electron chi connectivity index (χ2n) is 8.24. The molecule has 3 aromatic rings. The molecule has 6 rings (SSSR count). The van der Waals surface area contributed by atoms with Gasteiger partial charge < -0.3 is 24.6 Å². The first kappa shape index (κ1) is 18.8. The molecule has 2 atom stereocenters. The van der Waals surface area contributed by atoms with Crippen molar-refractivity contribution >= 4 is 17.0 Å². The summed E-state index contributed by atoms with van der Waals surface area (Å²) in [5.41, 5.74) is 2.59. The highest BCUT2D eigenvalue weighted by molar-refractivity contribution is 5.83. The van der Waals surface area contributed by atoms with E-state index in [-0.39, 0.29) is 25.7 Å². The molecule has 2 aliphatic heterocycles. The summed E-state index contributed by atoms with van der Waals surface area (Å²) in [7, 11) is 0. The summed E-state index contributed by atoms with van der Waals surface area (Å²) < 4.78 is 19.0. The minimum atomic E-state index is -0.311. The van der Waals surface area contributed by atoms with Crippen LogP contribution < -0.4 is 14.8 Å². The highest BCUT2D eigenvalue weighted by Crippen LogP contribution is 2.34. The number of rotatable bonds is 6. The standard InChI is InChI=1S/C21H24N6O4/c28-9-15-7-26(6-13-1-4-16-17(5-13)30-12-29-16)8-18(31-15)27-11-24-19-20(25-14-2-3-14)22-10-23-21(19)27/h1,4-5,10-11,14-15,18,28H,2-3,6-9,12H2,(H,22,23,25)/t15-,18+/m0/s1. The number of ether oxygens (including phenoxy) is 3. The molecule has 2 N–H and O–H groups in total. The van der Waals surface area contributed by atoms with E-state index in [0.717, 1.165) is 46.9 Å². The molecule has 0 spiro atoms. The zero-order valence-corrected chi connectivity index (χ0v) is 17.0. The van der Waals surface area contributed by atoms with Crippen LogP contribution >= 0.6 is 0 Å². The lowest BCUT2D eigenvalue weighted by Gasteiger charge is -2.37. The number of aliphatic hydroxyl groups excluding tert-OH is 1. The van der Waals surface area contributed by atoms with E-state index in [1.165, 1.54) is 0 Å². The SMILES string of the molecule is OC[C@@H]1CN(Cc2ccc3c(c2)OCO3)C[C@H](n2cnc3c(NC4CC4)ncnc32)O1. The predicted molar refractivity (Wildman–Crippen MR) is 111 cm³/mol. The Kier molecular flexibility index (Phi) is 4.62. The molecule has 0 unspecified atom stereocenters. The highest BCUT2D eigenvalue weighted by atomic mass is 16.7. The van der Waals surface area contributed by atoms with Crippen LogP contribution in [-0.2, 0) is 11.3 Å². The predicted octanol–water partition coefficient (Wildman–Crippen LogP) is 1.52. The number of fused-ring (bicyclic) bond motifs is 2. The van der Waals surface area contributed by atoms with Gasteiger partial charge in [-0.2, -0.15) is 0 Å². The molecule has 2 aromatic heterocycles. The minimum Gasteiger partial charge on any atom is -0.454 e. The van der Waals surface area contributed by atoms with Crippen molar-refractivity contribution in [3.05, 3.63) is 36.4 Å². The maximum absolute atomic E-state index is 9.83. The van der Waals surface area contributed by atoms with Gasteiger partial charge in [-0.05, 0) is 30.5 Å². The van der Waals surface area contributed by atoms with Crippen molar-refractivity contribution in [2.45, 2.75) is 37.8 Å². The number of aromatic nitrogens is 4. The third-order valence-corrected chi connectivity index (χ3v) is 5.86. The van der Waals surface area contributed by atoms with Gasteiger partial charge in [-0.1, -0.05) is 6.07 Å². The molecule has 0 bridgehead atoms. The summed E-state index contributed by atoms with van der Waals surface area (Å²) in [6, 6.07) is 6.47. The number of hydrogen-bond acceptors (Lipinski definition) is 9. The molecule has 3 aliphatic rings. The second kappa shape index (κ2) is 7.63. The number of imidazole rings is 1. The van der Waals surface area contributed by atoms with Crippen molar-refractivity contribution < 1.29 is 19.3 Å². The van der Waals surface area contributed by atoms with E-state index in [0.29, 0.717) is 25.7 Å². The Balaban J connectivity index is 1.25. The van der Waals surface area contributed by atoms with Crippen LogP contribution in [-0.4, -0.2) is 68.2 Å². The molecule has 162 valence electrons. The average Bonchev–Trinajstić information content (AvgIpc) is 3.30. The molecular weight excluding hydrogens is 400 g/mol. The second-order valence-corrected chi connectivity index (χ2v) is 8.24. The van der Waals surface area contributed by atoms with E-state index >= 15 is 0 Å². The topological polar surface area (TPSA) is 107 Å². The van der Waals surface area contributed by atoms with Crippen LogP contribution in [0.4, 0.5) is 5.82 Å². The van der Waals surface area contributed by atoms with Crippen molar-refractivity contribution in [3.63, 3.8) is 0 Å². The quantitative estimate of drug-likeness (QED) is 0.609. The van der Waals surface area contributed by atoms with Gasteiger partial charge in [-0.15, -0.1) is 0 Å². The highest BCUT2D eigenvalue weighted by Gasteiger charge is 2.31. The van der Waals surface area contributed by atoms with E-state index in [1.807, 2.05) is 22.8 Å². The molecular formula is C21H24N6O4. The van der Waals surface area contributed by atoms with Crippen LogP contribution in [0, 0.1) is 0 Å². The van der Waals surface area contributed by atoms with Crippen molar-refractivity contribution in [2.24, 2.45) is 0 Å². The minimum absolute atomic E-state index is 0.0514. The van der Waals surface area contributed by atoms with Crippen LogP contribution in [0.3, 0.4) is 0 Å². The number of benzene rings is 1. The lowest BCUT2D eigenvalue weighted by molar-refractivity contribution is -0.135. The van der Waals surface area contributed by atoms with Gasteiger partial charge in [-0.3, -0.25) is 9.47 Å². The van der Waals surface area contributed by atoms with Crippen LogP contribution in [0.1, 0.15) is 24.6 Å². The monoisotopic (exact) mass is 424 g/mol. The summed E-state index contributed by atoms with van der Waals surface area (Å²) in [5, 5.41) is 13.2. The molecule has 1 saturated carbocycles. The van der Waals surface area contributed by atoms with Gasteiger partial charge in [0.05, 0.1) is 19.0 Å². The smallest absolute Gasteiger partial charge is 0.231 e. The van der Waals surface area contributed by atoms with Gasteiger partial charge in [0.1, 0.15) is 12.6 Å². The van der Waals surface area contributed by atoms with Gasteiger partial charge >= 0.3 is 0 Å². The third-order valence-electron chi connectivity index (χ3n) is 5.86. The van der Waals surface area contributed by atoms with Crippen molar-refractivity contribution in [1.82, 2.24) is 24.4 Å². The molecule has 1 saturated heterocycles. The number of anilines is 1. The Bertz CT molecular complexity index is 1100. The fourth-order valence-corrected chi connectivity index (χ4v) is 4.16. The summed E-state index contributed by atoms with van der Waals surface area (Å²) in [6.45, 7) is 2.20. The largest absolute Gasteiger partial charge is 0.454 e. The maximum atomic E-state index is 9.83. The zero-order chi connectivity index (χ0) is 20.8. The van der Waals surface area contributed by atoms with Crippen LogP contribution in [0.2, 0.25) is 0 Å². The van der Waals surface area contributed by atoms with E-state index in [4.69, 9.17) is 14.2 Å². The van der Waals surface area contributed by atoms with Crippen LogP contribution in [0.15, 0.2) is 30.9 Å². The molecule has 10 nitrogen and oxygen atoms in total. The summed E-state index contributed by atoms with van der Waals surface area (Å²) in [6.07, 6.45) is 5.02. The lowest BCUT2D eigenvalue weighted by atomic mass is 10.1. The van der Waals surface area contributed by atoms with Gasteiger partial charge in [-0.25, -0.2) is 15.0 Å². The molecule has 0 radical (unpaired) electrons. The molecule has 4 heterocycles. The Hall–Kier alpha value is -2.95. The summed E-state index contributed by atoms with van der Waals surface area (Å²) in [4.78, 5) is 15.7. The first-order valence-electron chi connectivity index (χ1n) is 10.6. The average molecular weight is 424 g/mol. The van der Waals surface area contributed by atoms with Gasteiger partial charge in [0, 0.05) is 25.7 Å². The molecule has 31 heavy (non-hydrogen) atoms. The Morgan fingerprint density at radius 1 is 1.10 bits per heavy atom. The number of nitrogens with one attached hydrogen (secondary N) is 1. The number of nitrogens with zero attached hydrogens (tertiary/aromatic N) is 5. The van der Waals surface area contributed by atoms with Crippen molar-refractivity contribution in [1.29, 1.82) is 0 Å². The molecule has 1 aliphatic carbocycles. The van der Waals surface area contributed by atoms with Crippen LogP contribution in [0.25, 0.3) is 11.2 Å². The van der Waals surface area contributed by atoms with Crippen molar-refractivity contribution in [3.8, 4) is 11.5 Å². The summed E-state index contributed by atoms with van der Waals surface area (Å²) >= 11 is 0. The maximum Gasteiger partial charge on any atom is 0.231 e. The number of aliphatic hydroxyl groups is 1. The van der Waals surface area contributed by atoms with Gasteiger partial charge in [0.25, 0.3) is 0 Å². The molecule has 10 heteroatoms. The Labute approximate surface area is 178 Å². The fourth-order valence-electron chi connectivity index (χ4n) is 4.16. The normalized spacial score (nSPS) is 23.4. The van der Waals surface area contributed by atoms with Gasteiger partial charge in [0.15, 0.2) is 28.5 Å². The van der Waals surface area contributed by atoms with Gasteiger partial charge in [0.2, 0.25) is 6.79 Å². The van der Waals surface area contributed by atoms with E-state index in [9.17, 15) is 5.11 Å². The lowest BCUT2D eigenvalue weighted by Crippen LogP contribution is -2.46. The first-order valence-corrected chi connectivity index (χ1v) is 10.6. The van der Waals surface area contributed by atoms with Crippen molar-refractivity contribution in [2.75, 3.05) is 31.8 Å². The van der Waals surface area contributed by atoms with E-state index < -0.39 is 0 Å². The van der Waals surface area contributed by atoms with E-state index in [2.05, 4.69) is 25.2 Å². The Morgan fingerprint density at radius 3 is 2.87 bits per heavy atom. The molecule has 1 aromatic carbocycles. The third kappa shape index (κ3) is 3.67. The van der Waals surface area contributed by atoms with E-state index in [1.54, 1.807) is 12.7 Å². The summed E-state index contributed by atoms with van der Waals surface area (Å²) in [5.74, 6) is 2.31. The molecule has 0 amide bonds. The number of hydrogen-bond donors (Lipinski definition) is 2. The first-order chi connectivity index (χ1) is 15.3. The molecule has 2 fully saturated rings. The Morgan fingerprint density at radius 2 is 2.00 bits per heavy atom.